The number of hydrogen-bond acceptors (Lipinski definition) is 9. The molecule has 0 aliphatic rings. The van der Waals surface area contributed by atoms with Crippen LogP contribution in [0.25, 0.3) is 0 Å². The van der Waals surface area contributed by atoms with E-state index in [1.54, 1.807) is 11.3 Å². The molecule has 1 heterocycles. The second-order valence-electron chi connectivity index (χ2n) is 6.12. The summed E-state index contributed by atoms with van der Waals surface area (Å²) in [6, 6.07) is 6.77. The lowest BCUT2D eigenvalue weighted by Gasteiger charge is -2.12. The van der Waals surface area contributed by atoms with Crippen molar-refractivity contribution in [3.63, 3.8) is 0 Å². The van der Waals surface area contributed by atoms with Gasteiger partial charge in [-0.25, -0.2) is 9.59 Å². The van der Waals surface area contributed by atoms with Gasteiger partial charge < -0.3 is 20.1 Å². The van der Waals surface area contributed by atoms with Crippen LogP contribution >= 0.6 is 11.3 Å². The summed E-state index contributed by atoms with van der Waals surface area (Å²) in [7, 11) is 1.50. The van der Waals surface area contributed by atoms with Gasteiger partial charge in [0.25, 0.3) is 11.6 Å². The molecule has 0 radical (unpaired) electrons. The van der Waals surface area contributed by atoms with Crippen LogP contribution < -0.4 is 16.0 Å². The van der Waals surface area contributed by atoms with Gasteiger partial charge in [-0.15, -0.1) is 11.3 Å². The Bertz CT molecular complexity index is 918. The molecule has 0 aliphatic heterocycles. The lowest BCUT2D eigenvalue weighted by Crippen LogP contribution is -2.42. The largest absolute Gasteiger partial charge is 0.452 e. The Kier molecular flexibility index (Phi) is 9.39. The second kappa shape index (κ2) is 12.2. The maximum atomic E-state index is 12.4. The highest BCUT2D eigenvalue weighted by atomic mass is 32.1. The van der Waals surface area contributed by atoms with Crippen molar-refractivity contribution in [2.24, 2.45) is 0 Å². The molecule has 3 amide bonds. The van der Waals surface area contributed by atoms with Gasteiger partial charge in [0.2, 0.25) is 0 Å². The first kappa shape index (κ1) is 23.8. The van der Waals surface area contributed by atoms with Gasteiger partial charge in [-0.3, -0.25) is 20.2 Å². The predicted octanol–water partition coefficient (Wildman–Crippen LogP) is 1.94. The first-order chi connectivity index (χ1) is 14.9. The van der Waals surface area contributed by atoms with E-state index in [1.165, 1.54) is 19.2 Å². The number of carbonyl (C=O) groups is 3. The molecule has 0 atom stereocenters. The number of ether oxygens (including phenoxy) is 2. The fraction of sp³-hybridized carbons (Fsp3) is 0.316. The van der Waals surface area contributed by atoms with E-state index >= 15 is 0 Å². The van der Waals surface area contributed by atoms with Crippen molar-refractivity contribution in [2.45, 2.75) is 6.42 Å². The van der Waals surface area contributed by atoms with Crippen LogP contribution in [0.2, 0.25) is 0 Å². The highest BCUT2D eigenvalue weighted by Crippen LogP contribution is 2.23. The molecule has 0 unspecified atom stereocenters. The number of methoxy groups -OCH3 is 1. The number of amides is 3. The van der Waals surface area contributed by atoms with Crippen LogP contribution in [0.3, 0.4) is 0 Å². The number of nitrogens with one attached hydrogen (secondary N) is 3. The first-order valence-corrected chi connectivity index (χ1v) is 10.1. The van der Waals surface area contributed by atoms with E-state index in [0.717, 1.165) is 10.9 Å². The van der Waals surface area contributed by atoms with Crippen LogP contribution in [0.15, 0.2) is 35.7 Å². The summed E-state index contributed by atoms with van der Waals surface area (Å²) in [6.07, 6.45) is 0.625. The zero-order valence-electron chi connectivity index (χ0n) is 16.7. The van der Waals surface area contributed by atoms with Gasteiger partial charge in [0.05, 0.1) is 17.1 Å². The average Bonchev–Trinajstić information content (AvgIpc) is 3.25. The van der Waals surface area contributed by atoms with Gasteiger partial charge in [0.1, 0.15) is 0 Å². The van der Waals surface area contributed by atoms with E-state index < -0.39 is 29.4 Å². The maximum Gasteiger partial charge on any atom is 0.341 e. The highest BCUT2D eigenvalue weighted by Gasteiger charge is 2.19. The number of benzene rings is 1. The van der Waals surface area contributed by atoms with Crippen LogP contribution in [0.1, 0.15) is 15.2 Å². The summed E-state index contributed by atoms with van der Waals surface area (Å²) in [5.74, 6) is -1.78. The number of urea groups is 1. The summed E-state index contributed by atoms with van der Waals surface area (Å²) in [5, 5.41) is 20.4. The monoisotopic (exact) mass is 450 g/mol. The Balaban J connectivity index is 1.86. The van der Waals surface area contributed by atoms with E-state index in [4.69, 9.17) is 9.47 Å². The number of thiophene rings is 1. The first-order valence-electron chi connectivity index (χ1n) is 9.19. The van der Waals surface area contributed by atoms with Gasteiger partial charge >= 0.3 is 12.0 Å². The topological polar surface area (TPSA) is 149 Å². The lowest BCUT2D eigenvalue weighted by molar-refractivity contribution is -0.384. The number of carbonyl (C=O) groups excluding carboxylic acids is 3. The third-order valence-electron chi connectivity index (χ3n) is 3.88. The third-order valence-corrected chi connectivity index (χ3v) is 4.82. The molecular formula is C19H22N4O7S. The minimum atomic E-state index is -0.947. The van der Waals surface area contributed by atoms with E-state index in [1.807, 2.05) is 22.8 Å². The van der Waals surface area contributed by atoms with Crippen molar-refractivity contribution in [3.8, 4) is 0 Å². The molecule has 0 bridgehead atoms. The molecule has 166 valence electrons. The number of nitro groups is 1. The van der Waals surface area contributed by atoms with Crippen molar-refractivity contribution >= 4 is 40.6 Å². The molecule has 0 fully saturated rings. The van der Waals surface area contributed by atoms with Crippen molar-refractivity contribution in [3.05, 3.63) is 56.3 Å². The molecule has 3 N–H and O–H groups in total. The molecule has 11 nitrogen and oxygen atoms in total. The molecule has 2 aromatic rings. The Morgan fingerprint density at radius 3 is 2.68 bits per heavy atom. The van der Waals surface area contributed by atoms with Crippen LogP contribution in [0.5, 0.6) is 0 Å². The van der Waals surface area contributed by atoms with Gasteiger partial charge in [0.15, 0.2) is 6.61 Å². The predicted molar refractivity (Wildman–Crippen MR) is 113 cm³/mol. The van der Waals surface area contributed by atoms with Crippen molar-refractivity contribution < 1.29 is 28.8 Å². The number of non-ortho nitro benzene ring substituents is 1. The summed E-state index contributed by atoms with van der Waals surface area (Å²) >= 11 is 1.56. The Morgan fingerprint density at radius 2 is 2.00 bits per heavy atom. The zero-order chi connectivity index (χ0) is 22.6. The molecule has 2 rings (SSSR count). The SMILES string of the molecule is COCCNc1ccc([N+](=O)[O-])cc1C(=O)OCC(=O)NC(=O)NCCc1cccs1. The molecular weight excluding hydrogens is 428 g/mol. The molecule has 0 saturated heterocycles. The van der Waals surface area contributed by atoms with Crippen molar-refractivity contribution in [1.82, 2.24) is 10.6 Å². The minimum Gasteiger partial charge on any atom is -0.452 e. The summed E-state index contributed by atoms with van der Waals surface area (Å²) in [5.41, 5.74) is -0.128. The molecule has 1 aromatic heterocycles. The maximum absolute atomic E-state index is 12.4. The van der Waals surface area contributed by atoms with Gasteiger partial charge in [-0.1, -0.05) is 6.07 Å². The number of esters is 1. The van der Waals surface area contributed by atoms with Crippen molar-refractivity contribution in [1.29, 1.82) is 0 Å². The Hall–Kier alpha value is -3.51. The minimum absolute atomic E-state index is 0.112. The molecule has 0 saturated carbocycles. The van der Waals surface area contributed by atoms with E-state index in [-0.39, 0.29) is 11.3 Å². The molecule has 0 spiro atoms. The molecule has 31 heavy (non-hydrogen) atoms. The molecule has 12 heteroatoms. The Labute approximate surface area is 181 Å². The molecule has 1 aromatic carbocycles. The van der Waals surface area contributed by atoms with Crippen LogP contribution in [0, 0.1) is 10.1 Å². The number of nitro benzene ring substituents is 1. The molecule has 0 aliphatic carbocycles. The van der Waals surface area contributed by atoms with Gasteiger partial charge in [-0.05, 0) is 23.9 Å². The fourth-order valence-electron chi connectivity index (χ4n) is 2.43. The van der Waals surface area contributed by atoms with Crippen molar-refractivity contribution in [2.75, 3.05) is 38.7 Å². The number of hydrogen-bond donors (Lipinski definition) is 3. The third kappa shape index (κ3) is 8.03. The number of imide groups is 1. The highest BCUT2D eigenvalue weighted by molar-refractivity contribution is 7.09. The standard InChI is InChI=1S/C19H22N4O7S/c1-29-9-8-20-16-5-4-13(23(27)28)11-15(16)18(25)30-12-17(24)22-19(26)21-7-6-14-3-2-10-31-14/h2-5,10-11,20H,6-9,12H2,1H3,(H2,21,22,24,26). The van der Waals surface area contributed by atoms with Gasteiger partial charge in [0, 0.05) is 42.9 Å². The van der Waals surface area contributed by atoms with Crippen LogP contribution in [-0.2, 0) is 20.7 Å². The fourth-order valence-corrected chi connectivity index (χ4v) is 3.14. The summed E-state index contributed by atoms with van der Waals surface area (Å²) in [6.45, 7) is 0.303. The van der Waals surface area contributed by atoms with E-state index in [0.29, 0.717) is 31.8 Å². The van der Waals surface area contributed by atoms with E-state index in [9.17, 15) is 24.5 Å². The number of rotatable bonds is 11. The zero-order valence-corrected chi connectivity index (χ0v) is 17.5. The second-order valence-corrected chi connectivity index (χ2v) is 7.15. The van der Waals surface area contributed by atoms with Gasteiger partial charge in [-0.2, -0.15) is 0 Å². The normalized spacial score (nSPS) is 10.2. The number of nitrogens with zero attached hydrogens (tertiary/aromatic N) is 1. The average molecular weight is 450 g/mol. The lowest BCUT2D eigenvalue weighted by atomic mass is 10.1. The Morgan fingerprint density at radius 1 is 1.19 bits per heavy atom. The van der Waals surface area contributed by atoms with E-state index in [2.05, 4.69) is 10.6 Å². The van der Waals surface area contributed by atoms with Crippen LogP contribution in [0.4, 0.5) is 16.2 Å². The number of anilines is 1. The summed E-state index contributed by atoms with van der Waals surface area (Å²) in [4.78, 5) is 47.4. The smallest absolute Gasteiger partial charge is 0.341 e. The summed E-state index contributed by atoms with van der Waals surface area (Å²) < 4.78 is 9.83. The quantitative estimate of drug-likeness (QED) is 0.203. The van der Waals surface area contributed by atoms with Crippen LogP contribution in [-0.4, -0.2) is 56.2 Å².